The zero-order valence-corrected chi connectivity index (χ0v) is 17.0. The van der Waals surface area contributed by atoms with Crippen molar-refractivity contribution in [3.63, 3.8) is 0 Å². The van der Waals surface area contributed by atoms with E-state index in [0.717, 1.165) is 12.7 Å². The Bertz CT molecular complexity index is 717. The normalized spacial score (nSPS) is 11.5. The van der Waals surface area contributed by atoms with Crippen molar-refractivity contribution in [2.75, 3.05) is 7.11 Å². The van der Waals surface area contributed by atoms with Gasteiger partial charge in [0.2, 0.25) is 0 Å². The summed E-state index contributed by atoms with van der Waals surface area (Å²) in [6.07, 6.45) is 0.551. The summed E-state index contributed by atoms with van der Waals surface area (Å²) >= 11 is 0. The molecule has 6 nitrogen and oxygen atoms in total. The fourth-order valence-electron chi connectivity index (χ4n) is 1.79. The van der Waals surface area contributed by atoms with Crippen molar-refractivity contribution in [3.8, 4) is 0 Å². The predicted octanol–water partition coefficient (Wildman–Crippen LogP) is 3.46. The molecular weight excluding hydrogens is 366 g/mol. The van der Waals surface area contributed by atoms with Crippen LogP contribution in [0, 0.1) is 12.8 Å². The SMILES string of the molecule is CC(C)CC(N)C(=O)O.COS(=O)(=O)c1ccc(C)cc1.c1ccccc1. The van der Waals surface area contributed by atoms with Crippen LogP contribution >= 0.6 is 0 Å². The Morgan fingerprint density at radius 1 is 1.04 bits per heavy atom. The first-order valence-electron chi connectivity index (χ1n) is 8.45. The van der Waals surface area contributed by atoms with Crippen molar-refractivity contribution in [2.45, 2.75) is 38.1 Å². The molecule has 2 aromatic carbocycles. The number of hydrogen-bond acceptors (Lipinski definition) is 5. The smallest absolute Gasteiger partial charge is 0.320 e. The Morgan fingerprint density at radius 2 is 1.44 bits per heavy atom. The molecule has 0 saturated carbocycles. The van der Waals surface area contributed by atoms with Gasteiger partial charge in [0.25, 0.3) is 10.1 Å². The van der Waals surface area contributed by atoms with Crippen LogP contribution in [0.15, 0.2) is 65.6 Å². The second-order valence-corrected chi connectivity index (χ2v) is 7.88. The molecule has 7 heteroatoms. The summed E-state index contributed by atoms with van der Waals surface area (Å²) in [7, 11) is -2.37. The second kappa shape index (κ2) is 13.0. The number of hydrogen-bond donors (Lipinski definition) is 2. The van der Waals surface area contributed by atoms with E-state index in [-0.39, 0.29) is 4.90 Å². The lowest BCUT2D eigenvalue weighted by Crippen LogP contribution is -2.31. The Labute approximate surface area is 162 Å². The van der Waals surface area contributed by atoms with Crippen molar-refractivity contribution in [1.82, 2.24) is 0 Å². The molecule has 1 atom stereocenters. The van der Waals surface area contributed by atoms with Crippen LogP contribution in [0.25, 0.3) is 0 Å². The van der Waals surface area contributed by atoms with Gasteiger partial charge in [-0.25, -0.2) is 0 Å². The van der Waals surface area contributed by atoms with E-state index in [4.69, 9.17) is 10.8 Å². The third-order valence-corrected chi connectivity index (χ3v) is 4.53. The maximum Gasteiger partial charge on any atom is 0.320 e. The van der Waals surface area contributed by atoms with Crippen LogP contribution in [0.5, 0.6) is 0 Å². The molecule has 0 spiro atoms. The molecule has 0 aliphatic rings. The molecule has 1 unspecified atom stereocenters. The quantitative estimate of drug-likeness (QED) is 0.751. The summed E-state index contributed by atoms with van der Waals surface area (Å²) in [4.78, 5) is 10.3. The first-order chi connectivity index (χ1) is 12.6. The van der Waals surface area contributed by atoms with Crippen LogP contribution in [0.4, 0.5) is 0 Å². The maximum absolute atomic E-state index is 11.1. The fraction of sp³-hybridized carbons (Fsp3) is 0.350. The largest absolute Gasteiger partial charge is 0.480 e. The summed E-state index contributed by atoms with van der Waals surface area (Å²) in [6, 6.07) is 17.8. The van der Waals surface area contributed by atoms with Gasteiger partial charge in [0, 0.05) is 0 Å². The van der Waals surface area contributed by atoms with Gasteiger partial charge in [-0.3, -0.25) is 8.98 Å². The minimum atomic E-state index is -3.51. The molecule has 0 aliphatic heterocycles. The lowest BCUT2D eigenvalue weighted by atomic mass is 10.1. The minimum Gasteiger partial charge on any atom is -0.480 e. The van der Waals surface area contributed by atoms with Gasteiger partial charge in [0.05, 0.1) is 12.0 Å². The number of carboxylic acid groups (broad SMARTS) is 1. The number of benzene rings is 2. The van der Waals surface area contributed by atoms with Crippen LogP contribution in [0.1, 0.15) is 25.8 Å². The molecule has 0 saturated heterocycles. The number of carbonyl (C=O) groups is 1. The lowest BCUT2D eigenvalue weighted by molar-refractivity contribution is -0.138. The van der Waals surface area contributed by atoms with Gasteiger partial charge in [0.15, 0.2) is 0 Å². The summed E-state index contributed by atoms with van der Waals surface area (Å²) in [5.41, 5.74) is 6.24. The summed E-state index contributed by atoms with van der Waals surface area (Å²) < 4.78 is 26.5. The summed E-state index contributed by atoms with van der Waals surface area (Å²) in [5.74, 6) is -0.556. The first kappa shape index (κ1) is 24.8. The van der Waals surface area contributed by atoms with E-state index in [1.807, 2.05) is 57.2 Å². The molecule has 0 radical (unpaired) electrons. The summed E-state index contributed by atoms with van der Waals surface area (Å²) in [6.45, 7) is 5.79. The van der Waals surface area contributed by atoms with Gasteiger partial charge in [-0.1, -0.05) is 67.9 Å². The van der Waals surface area contributed by atoms with Gasteiger partial charge in [0.1, 0.15) is 6.04 Å². The van der Waals surface area contributed by atoms with Gasteiger partial charge in [-0.2, -0.15) is 8.42 Å². The van der Waals surface area contributed by atoms with E-state index in [2.05, 4.69) is 4.18 Å². The van der Waals surface area contributed by atoms with E-state index in [9.17, 15) is 13.2 Å². The van der Waals surface area contributed by atoms with Crippen molar-refractivity contribution < 1.29 is 22.5 Å². The topological polar surface area (TPSA) is 107 Å². The van der Waals surface area contributed by atoms with Gasteiger partial charge >= 0.3 is 5.97 Å². The molecular formula is C20H29NO5S. The molecule has 2 rings (SSSR count). The maximum atomic E-state index is 11.1. The van der Waals surface area contributed by atoms with Gasteiger partial charge < -0.3 is 10.8 Å². The Kier molecular flexibility index (Phi) is 12.0. The van der Waals surface area contributed by atoms with Crippen LogP contribution < -0.4 is 5.73 Å². The number of nitrogens with two attached hydrogens (primary N) is 1. The van der Waals surface area contributed by atoms with E-state index in [0.29, 0.717) is 12.3 Å². The number of aryl methyl sites for hydroxylation is 1. The Morgan fingerprint density at radius 3 is 1.70 bits per heavy atom. The van der Waals surface area contributed by atoms with Crippen LogP contribution in [0.3, 0.4) is 0 Å². The highest BCUT2D eigenvalue weighted by Crippen LogP contribution is 2.11. The van der Waals surface area contributed by atoms with Crippen molar-refractivity contribution in [3.05, 3.63) is 66.2 Å². The molecule has 0 fully saturated rings. The van der Waals surface area contributed by atoms with Crippen LogP contribution in [-0.2, 0) is 19.1 Å². The molecule has 0 aromatic heterocycles. The first-order valence-corrected chi connectivity index (χ1v) is 9.86. The number of rotatable bonds is 5. The van der Waals surface area contributed by atoms with Gasteiger partial charge in [-0.15, -0.1) is 0 Å². The van der Waals surface area contributed by atoms with Gasteiger partial charge in [-0.05, 0) is 31.4 Å². The fourth-order valence-corrected chi connectivity index (χ4v) is 2.46. The average Bonchev–Trinajstić information content (AvgIpc) is 2.64. The van der Waals surface area contributed by atoms with E-state index >= 15 is 0 Å². The molecule has 2 aromatic rings. The molecule has 150 valence electrons. The molecule has 0 amide bonds. The number of carboxylic acids is 1. The highest BCUT2D eigenvalue weighted by Gasteiger charge is 2.12. The van der Waals surface area contributed by atoms with E-state index < -0.39 is 22.1 Å². The average molecular weight is 396 g/mol. The van der Waals surface area contributed by atoms with Crippen LogP contribution in [0.2, 0.25) is 0 Å². The zero-order valence-electron chi connectivity index (χ0n) is 16.2. The Balaban J connectivity index is 0.000000398. The van der Waals surface area contributed by atoms with E-state index in [1.165, 1.54) is 12.1 Å². The third kappa shape index (κ3) is 11.9. The van der Waals surface area contributed by atoms with Crippen molar-refractivity contribution in [2.24, 2.45) is 11.7 Å². The summed E-state index contributed by atoms with van der Waals surface area (Å²) in [5, 5.41) is 8.31. The molecule has 0 bridgehead atoms. The standard InChI is InChI=1S/C8H10O3S.C6H13NO2.C6H6/c1-7-3-5-8(6-4-7)12(9,10)11-2;1-4(2)3-5(7)6(8)9;1-2-4-6-5-3-1/h3-6H,1-2H3;4-5H,3,7H2,1-2H3,(H,8,9);1-6H. The predicted molar refractivity (Wildman–Crippen MR) is 107 cm³/mol. The third-order valence-electron chi connectivity index (χ3n) is 3.24. The monoisotopic (exact) mass is 395 g/mol. The van der Waals surface area contributed by atoms with E-state index in [1.54, 1.807) is 12.1 Å². The Hall–Kier alpha value is -2.22. The molecule has 3 N–H and O–H groups in total. The molecule has 27 heavy (non-hydrogen) atoms. The highest BCUT2D eigenvalue weighted by molar-refractivity contribution is 7.86. The van der Waals surface area contributed by atoms with Crippen molar-refractivity contribution >= 4 is 16.1 Å². The van der Waals surface area contributed by atoms with Crippen LogP contribution in [-0.4, -0.2) is 32.6 Å². The lowest BCUT2D eigenvalue weighted by Gasteiger charge is -2.07. The molecule has 0 heterocycles. The van der Waals surface area contributed by atoms with Crippen molar-refractivity contribution in [1.29, 1.82) is 0 Å². The zero-order chi connectivity index (χ0) is 20.9. The molecule has 0 aliphatic carbocycles. The highest BCUT2D eigenvalue weighted by atomic mass is 32.2. The number of aliphatic carboxylic acids is 1. The minimum absolute atomic E-state index is 0.190. The second-order valence-electron chi connectivity index (χ2n) is 6.16.